The maximum atomic E-state index is 10.4. The maximum Gasteiger partial charge on any atom is 0.151 e. The van der Waals surface area contributed by atoms with Crippen molar-refractivity contribution in [3.05, 3.63) is 53.4 Å². The second kappa shape index (κ2) is 4.69. The van der Waals surface area contributed by atoms with E-state index in [1.807, 2.05) is 12.1 Å². The lowest BCUT2D eigenvalue weighted by Gasteiger charge is -2.06. The zero-order chi connectivity index (χ0) is 10.5. The highest BCUT2D eigenvalue weighted by Gasteiger charge is 2.00. The van der Waals surface area contributed by atoms with Crippen LogP contribution in [-0.2, 0) is 6.42 Å². The smallest absolute Gasteiger partial charge is 0.151 e. The first-order chi connectivity index (χ1) is 7.38. The fraction of sp³-hybridized carbons (Fsp3) is 0.231. The number of hydrogen-bond acceptors (Lipinski definition) is 2. The lowest BCUT2D eigenvalue weighted by Crippen LogP contribution is -1.95. The van der Waals surface area contributed by atoms with Crippen LogP contribution in [0.2, 0.25) is 0 Å². The van der Waals surface area contributed by atoms with Crippen molar-refractivity contribution < 1.29 is 4.79 Å². The molecule has 15 heavy (non-hydrogen) atoms. The zero-order valence-corrected chi connectivity index (χ0v) is 8.52. The Balaban J connectivity index is 2.07. The van der Waals surface area contributed by atoms with Crippen LogP contribution in [0.4, 0.5) is 0 Å². The Hall–Kier alpha value is -1.70. The number of carbonyl (C=O) groups excluding carboxylic acids is 1. The number of aldehydes is 1. The third-order valence-corrected chi connectivity index (χ3v) is 2.44. The number of nitrogens with zero attached hydrogens (tertiary/aromatic N) is 1. The SMILES string of the molecule is O=Cc1ccc(CC2=CCCC=C2)nc1. The van der Waals surface area contributed by atoms with Gasteiger partial charge in [0.05, 0.1) is 0 Å². The van der Waals surface area contributed by atoms with Crippen LogP contribution in [0.1, 0.15) is 28.9 Å². The quantitative estimate of drug-likeness (QED) is 0.700. The molecule has 1 heterocycles. The van der Waals surface area contributed by atoms with E-state index in [0.717, 1.165) is 31.2 Å². The topological polar surface area (TPSA) is 30.0 Å². The van der Waals surface area contributed by atoms with Crippen LogP contribution >= 0.6 is 0 Å². The van der Waals surface area contributed by atoms with E-state index in [4.69, 9.17) is 0 Å². The molecule has 0 bridgehead atoms. The molecule has 1 aliphatic rings. The molecule has 0 aliphatic heterocycles. The monoisotopic (exact) mass is 199 g/mol. The molecular weight excluding hydrogens is 186 g/mol. The molecule has 1 aliphatic carbocycles. The van der Waals surface area contributed by atoms with Crippen molar-refractivity contribution >= 4 is 6.29 Å². The summed E-state index contributed by atoms with van der Waals surface area (Å²) in [7, 11) is 0. The molecule has 0 N–H and O–H groups in total. The molecule has 0 atom stereocenters. The van der Waals surface area contributed by atoms with Gasteiger partial charge in [0.15, 0.2) is 6.29 Å². The normalized spacial score (nSPS) is 14.8. The van der Waals surface area contributed by atoms with E-state index >= 15 is 0 Å². The molecule has 0 spiro atoms. The molecule has 0 saturated carbocycles. The third-order valence-electron chi connectivity index (χ3n) is 2.44. The van der Waals surface area contributed by atoms with E-state index in [1.54, 1.807) is 6.20 Å². The minimum atomic E-state index is 0.631. The van der Waals surface area contributed by atoms with Gasteiger partial charge in [-0.15, -0.1) is 0 Å². The number of carbonyl (C=O) groups is 1. The Kier molecular flexibility index (Phi) is 3.08. The van der Waals surface area contributed by atoms with Gasteiger partial charge in [-0.2, -0.15) is 0 Å². The van der Waals surface area contributed by atoms with E-state index < -0.39 is 0 Å². The highest BCUT2D eigenvalue weighted by molar-refractivity contribution is 5.73. The molecule has 0 fully saturated rings. The van der Waals surface area contributed by atoms with Gasteiger partial charge in [-0.3, -0.25) is 9.78 Å². The minimum Gasteiger partial charge on any atom is -0.298 e. The van der Waals surface area contributed by atoms with Gasteiger partial charge in [0, 0.05) is 23.9 Å². The van der Waals surface area contributed by atoms with Crippen LogP contribution < -0.4 is 0 Å². The standard InChI is InChI=1S/C13H13NO/c15-10-12-6-7-13(14-9-12)8-11-4-2-1-3-5-11/h2,4-7,9-10H,1,3,8H2. The number of pyridine rings is 1. The fourth-order valence-electron chi connectivity index (χ4n) is 1.62. The molecule has 76 valence electrons. The Labute approximate surface area is 89.3 Å². The molecule has 1 aromatic heterocycles. The number of rotatable bonds is 3. The largest absolute Gasteiger partial charge is 0.298 e. The van der Waals surface area contributed by atoms with E-state index in [9.17, 15) is 4.79 Å². The zero-order valence-electron chi connectivity index (χ0n) is 8.52. The highest BCUT2D eigenvalue weighted by atomic mass is 16.1. The molecule has 0 saturated heterocycles. The molecule has 0 amide bonds. The average Bonchev–Trinajstić information content (AvgIpc) is 2.31. The van der Waals surface area contributed by atoms with Gasteiger partial charge >= 0.3 is 0 Å². The summed E-state index contributed by atoms with van der Waals surface area (Å²) < 4.78 is 0. The summed E-state index contributed by atoms with van der Waals surface area (Å²) in [6, 6.07) is 3.72. The van der Waals surface area contributed by atoms with Gasteiger partial charge < -0.3 is 0 Å². The van der Waals surface area contributed by atoms with Crippen molar-refractivity contribution in [1.29, 1.82) is 0 Å². The summed E-state index contributed by atoms with van der Waals surface area (Å²) in [6.07, 6.45) is 12.1. The van der Waals surface area contributed by atoms with Gasteiger partial charge in [-0.05, 0) is 30.5 Å². The Morgan fingerprint density at radius 3 is 2.87 bits per heavy atom. The van der Waals surface area contributed by atoms with Crippen molar-refractivity contribution in [1.82, 2.24) is 4.98 Å². The average molecular weight is 199 g/mol. The van der Waals surface area contributed by atoms with Gasteiger partial charge in [0.2, 0.25) is 0 Å². The molecule has 2 heteroatoms. The van der Waals surface area contributed by atoms with E-state index in [1.165, 1.54) is 5.57 Å². The predicted molar refractivity (Wildman–Crippen MR) is 59.8 cm³/mol. The molecular formula is C13H13NO. The van der Waals surface area contributed by atoms with Crippen LogP contribution in [0.3, 0.4) is 0 Å². The summed E-state index contributed by atoms with van der Waals surface area (Å²) in [5, 5.41) is 0. The fourth-order valence-corrected chi connectivity index (χ4v) is 1.62. The van der Waals surface area contributed by atoms with Crippen molar-refractivity contribution in [2.75, 3.05) is 0 Å². The molecule has 2 rings (SSSR count). The molecule has 0 aromatic carbocycles. The summed E-state index contributed by atoms with van der Waals surface area (Å²) in [6.45, 7) is 0. The molecule has 0 unspecified atom stereocenters. The Bertz CT molecular complexity index is 401. The lowest BCUT2D eigenvalue weighted by atomic mass is 10.0. The van der Waals surface area contributed by atoms with E-state index in [0.29, 0.717) is 5.56 Å². The van der Waals surface area contributed by atoms with Gasteiger partial charge in [-0.1, -0.05) is 18.2 Å². The van der Waals surface area contributed by atoms with Crippen molar-refractivity contribution in [2.24, 2.45) is 0 Å². The Morgan fingerprint density at radius 2 is 2.27 bits per heavy atom. The number of allylic oxidation sites excluding steroid dienone is 4. The van der Waals surface area contributed by atoms with Crippen LogP contribution in [0, 0.1) is 0 Å². The first kappa shape index (κ1) is 9.84. The maximum absolute atomic E-state index is 10.4. The minimum absolute atomic E-state index is 0.631. The first-order valence-electron chi connectivity index (χ1n) is 5.14. The lowest BCUT2D eigenvalue weighted by molar-refractivity contribution is 0.112. The molecule has 0 radical (unpaired) electrons. The third kappa shape index (κ3) is 2.62. The van der Waals surface area contributed by atoms with Crippen LogP contribution in [-0.4, -0.2) is 11.3 Å². The summed E-state index contributed by atoms with van der Waals surface area (Å²) in [5.74, 6) is 0. The molecule has 1 aromatic rings. The van der Waals surface area contributed by atoms with E-state index in [-0.39, 0.29) is 0 Å². The predicted octanol–water partition coefficient (Wildman–Crippen LogP) is 2.71. The van der Waals surface area contributed by atoms with Crippen molar-refractivity contribution in [3.63, 3.8) is 0 Å². The summed E-state index contributed by atoms with van der Waals surface area (Å²) in [5.41, 5.74) is 2.96. The van der Waals surface area contributed by atoms with Gasteiger partial charge in [0.1, 0.15) is 0 Å². The number of aromatic nitrogens is 1. The highest BCUT2D eigenvalue weighted by Crippen LogP contribution is 2.14. The van der Waals surface area contributed by atoms with Crippen LogP contribution in [0.5, 0.6) is 0 Å². The second-order valence-corrected chi connectivity index (χ2v) is 3.64. The molecule has 2 nitrogen and oxygen atoms in total. The van der Waals surface area contributed by atoms with Crippen LogP contribution in [0.15, 0.2) is 42.1 Å². The van der Waals surface area contributed by atoms with Crippen molar-refractivity contribution in [2.45, 2.75) is 19.3 Å². The van der Waals surface area contributed by atoms with Gasteiger partial charge in [0.25, 0.3) is 0 Å². The second-order valence-electron chi connectivity index (χ2n) is 3.64. The first-order valence-corrected chi connectivity index (χ1v) is 5.14. The Morgan fingerprint density at radius 1 is 1.33 bits per heavy atom. The van der Waals surface area contributed by atoms with Crippen LogP contribution in [0.25, 0.3) is 0 Å². The van der Waals surface area contributed by atoms with E-state index in [2.05, 4.69) is 23.2 Å². The summed E-state index contributed by atoms with van der Waals surface area (Å²) in [4.78, 5) is 14.7. The number of hydrogen-bond donors (Lipinski definition) is 0. The van der Waals surface area contributed by atoms with Crippen molar-refractivity contribution in [3.8, 4) is 0 Å². The summed E-state index contributed by atoms with van der Waals surface area (Å²) >= 11 is 0. The van der Waals surface area contributed by atoms with Gasteiger partial charge in [-0.25, -0.2) is 0 Å².